The molecule has 0 saturated carbocycles. The standard InChI is InChI=1S/C24H30N4O2/c1-16(2)15-21(28-23(29)18-10-5-4-9-17(18)3)24(30)25-14-8-13-22-26-19-11-6-7-12-20(19)27-22/h4-7,9-12,16,21H,8,13-15H2,1-3H3,(H,25,30)(H,26,27)(H,28,29). The van der Waals surface area contributed by atoms with Crippen LogP contribution < -0.4 is 10.6 Å². The number of carbonyl (C=O) groups is 2. The average molecular weight is 407 g/mol. The van der Waals surface area contributed by atoms with Gasteiger partial charge in [0.25, 0.3) is 5.91 Å². The second-order valence-corrected chi connectivity index (χ2v) is 8.07. The van der Waals surface area contributed by atoms with Crippen molar-refractivity contribution >= 4 is 22.8 Å². The van der Waals surface area contributed by atoms with Crippen molar-refractivity contribution in [3.63, 3.8) is 0 Å². The van der Waals surface area contributed by atoms with E-state index in [0.29, 0.717) is 18.5 Å². The first kappa shape index (κ1) is 21.6. The maximum absolute atomic E-state index is 12.7. The highest BCUT2D eigenvalue weighted by atomic mass is 16.2. The molecule has 0 bridgehead atoms. The molecule has 2 amide bonds. The summed E-state index contributed by atoms with van der Waals surface area (Å²) in [4.78, 5) is 33.3. The molecule has 30 heavy (non-hydrogen) atoms. The van der Waals surface area contributed by atoms with E-state index in [1.54, 1.807) is 6.07 Å². The molecule has 1 unspecified atom stereocenters. The molecule has 2 aromatic carbocycles. The molecule has 0 spiro atoms. The van der Waals surface area contributed by atoms with Crippen molar-refractivity contribution < 1.29 is 9.59 Å². The lowest BCUT2D eigenvalue weighted by atomic mass is 10.0. The predicted molar refractivity (Wildman–Crippen MR) is 119 cm³/mol. The Morgan fingerprint density at radius 3 is 2.53 bits per heavy atom. The van der Waals surface area contributed by atoms with E-state index < -0.39 is 6.04 Å². The number of aromatic amines is 1. The van der Waals surface area contributed by atoms with E-state index in [9.17, 15) is 9.59 Å². The third-order valence-corrected chi connectivity index (χ3v) is 5.05. The molecule has 1 atom stereocenters. The number of nitrogens with one attached hydrogen (secondary N) is 3. The van der Waals surface area contributed by atoms with Crippen molar-refractivity contribution in [1.29, 1.82) is 0 Å². The number of rotatable bonds is 9. The lowest BCUT2D eigenvalue weighted by Crippen LogP contribution is -2.47. The lowest BCUT2D eigenvalue weighted by Gasteiger charge is -2.20. The van der Waals surface area contributed by atoms with Crippen LogP contribution in [-0.2, 0) is 11.2 Å². The number of carbonyl (C=O) groups excluding carboxylic acids is 2. The van der Waals surface area contributed by atoms with Crippen LogP contribution in [0.4, 0.5) is 0 Å². The summed E-state index contributed by atoms with van der Waals surface area (Å²) >= 11 is 0. The molecule has 0 aliphatic carbocycles. The number of amides is 2. The molecule has 0 saturated heterocycles. The van der Waals surface area contributed by atoms with E-state index in [4.69, 9.17) is 0 Å². The molecule has 1 heterocycles. The van der Waals surface area contributed by atoms with Crippen LogP contribution >= 0.6 is 0 Å². The van der Waals surface area contributed by atoms with Crippen LogP contribution in [0.15, 0.2) is 48.5 Å². The number of imidazole rings is 1. The van der Waals surface area contributed by atoms with Gasteiger partial charge in [0.1, 0.15) is 11.9 Å². The number of hydrogen-bond acceptors (Lipinski definition) is 3. The van der Waals surface area contributed by atoms with Crippen LogP contribution in [0, 0.1) is 12.8 Å². The number of benzene rings is 2. The average Bonchev–Trinajstić information content (AvgIpc) is 3.13. The lowest BCUT2D eigenvalue weighted by molar-refractivity contribution is -0.123. The maximum Gasteiger partial charge on any atom is 0.252 e. The topological polar surface area (TPSA) is 86.9 Å². The number of nitrogens with zero attached hydrogens (tertiary/aromatic N) is 1. The van der Waals surface area contributed by atoms with Gasteiger partial charge < -0.3 is 15.6 Å². The summed E-state index contributed by atoms with van der Waals surface area (Å²) in [6.07, 6.45) is 2.11. The number of fused-ring (bicyclic) bond motifs is 1. The quantitative estimate of drug-likeness (QED) is 0.473. The zero-order valence-electron chi connectivity index (χ0n) is 17.9. The number of H-pyrrole nitrogens is 1. The predicted octanol–water partition coefficient (Wildman–Crippen LogP) is 3.76. The van der Waals surface area contributed by atoms with Crippen molar-refractivity contribution in [2.75, 3.05) is 6.54 Å². The Morgan fingerprint density at radius 2 is 1.80 bits per heavy atom. The van der Waals surface area contributed by atoms with E-state index in [-0.39, 0.29) is 17.7 Å². The highest BCUT2D eigenvalue weighted by Gasteiger charge is 2.22. The van der Waals surface area contributed by atoms with Crippen molar-refractivity contribution in [2.45, 2.75) is 46.1 Å². The van der Waals surface area contributed by atoms with E-state index in [2.05, 4.69) is 20.6 Å². The van der Waals surface area contributed by atoms with Crippen LogP contribution in [0.25, 0.3) is 11.0 Å². The Bertz CT molecular complexity index is 976. The fourth-order valence-corrected chi connectivity index (χ4v) is 3.48. The molecule has 6 heteroatoms. The van der Waals surface area contributed by atoms with Gasteiger partial charge in [-0.1, -0.05) is 44.2 Å². The molecule has 3 rings (SSSR count). The van der Waals surface area contributed by atoms with Gasteiger partial charge in [-0.25, -0.2) is 4.98 Å². The number of hydrogen-bond donors (Lipinski definition) is 3. The first-order valence-electron chi connectivity index (χ1n) is 10.5. The van der Waals surface area contributed by atoms with Gasteiger partial charge in [0.15, 0.2) is 0 Å². The fraction of sp³-hybridized carbons (Fsp3) is 0.375. The molecule has 158 valence electrons. The fourth-order valence-electron chi connectivity index (χ4n) is 3.48. The van der Waals surface area contributed by atoms with Gasteiger partial charge in [-0.05, 0) is 49.4 Å². The van der Waals surface area contributed by atoms with Gasteiger partial charge in [-0.2, -0.15) is 0 Å². The van der Waals surface area contributed by atoms with Crippen LogP contribution in [0.1, 0.15) is 48.4 Å². The number of aryl methyl sites for hydroxylation is 2. The zero-order valence-corrected chi connectivity index (χ0v) is 17.9. The zero-order chi connectivity index (χ0) is 21.5. The van der Waals surface area contributed by atoms with E-state index in [1.807, 2.05) is 63.2 Å². The Hall–Kier alpha value is -3.15. The molecule has 0 aliphatic rings. The number of para-hydroxylation sites is 2. The molecular weight excluding hydrogens is 376 g/mol. The summed E-state index contributed by atoms with van der Waals surface area (Å²) < 4.78 is 0. The molecule has 1 aromatic heterocycles. The summed E-state index contributed by atoms with van der Waals surface area (Å²) in [5.41, 5.74) is 3.47. The molecule has 0 aliphatic heterocycles. The van der Waals surface area contributed by atoms with Gasteiger partial charge in [-0.15, -0.1) is 0 Å². The second-order valence-electron chi connectivity index (χ2n) is 8.07. The Labute approximate surface area is 177 Å². The smallest absolute Gasteiger partial charge is 0.252 e. The summed E-state index contributed by atoms with van der Waals surface area (Å²) in [6, 6.07) is 14.8. The van der Waals surface area contributed by atoms with Crippen molar-refractivity contribution in [3.05, 3.63) is 65.5 Å². The molecule has 3 aromatic rings. The number of aromatic nitrogens is 2. The Balaban J connectivity index is 1.53. The third-order valence-electron chi connectivity index (χ3n) is 5.05. The second kappa shape index (κ2) is 10.1. The molecule has 0 fully saturated rings. The molecule has 6 nitrogen and oxygen atoms in total. The first-order valence-corrected chi connectivity index (χ1v) is 10.5. The summed E-state index contributed by atoms with van der Waals surface area (Å²) in [7, 11) is 0. The van der Waals surface area contributed by atoms with Crippen molar-refractivity contribution in [3.8, 4) is 0 Å². The van der Waals surface area contributed by atoms with Gasteiger partial charge in [0.2, 0.25) is 5.91 Å². The molecule has 3 N–H and O–H groups in total. The highest BCUT2D eigenvalue weighted by molar-refractivity contribution is 5.98. The van der Waals surface area contributed by atoms with Gasteiger partial charge >= 0.3 is 0 Å². The monoisotopic (exact) mass is 406 g/mol. The summed E-state index contributed by atoms with van der Waals surface area (Å²) in [6.45, 7) is 6.51. The summed E-state index contributed by atoms with van der Waals surface area (Å²) in [5, 5.41) is 5.88. The minimum Gasteiger partial charge on any atom is -0.354 e. The van der Waals surface area contributed by atoms with Crippen LogP contribution in [0.5, 0.6) is 0 Å². The van der Waals surface area contributed by atoms with Gasteiger partial charge in [-0.3, -0.25) is 9.59 Å². The third kappa shape index (κ3) is 5.69. The normalized spacial score (nSPS) is 12.1. The van der Waals surface area contributed by atoms with Crippen molar-refractivity contribution in [1.82, 2.24) is 20.6 Å². The van der Waals surface area contributed by atoms with E-state index >= 15 is 0 Å². The van der Waals surface area contributed by atoms with Crippen LogP contribution in [0.3, 0.4) is 0 Å². The molecular formula is C24H30N4O2. The highest BCUT2D eigenvalue weighted by Crippen LogP contribution is 2.12. The largest absolute Gasteiger partial charge is 0.354 e. The minimum absolute atomic E-state index is 0.143. The van der Waals surface area contributed by atoms with Crippen LogP contribution in [-0.4, -0.2) is 34.4 Å². The maximum atomic E-state index is 12.7. The van der Waals surface area contributed by atoms with E-state index in [1.165, 1.54) is 0 Å². The summed E-state index contributed by atoms with van der Waals surface area (Å²) in [5.74, 6) is 0.844. The van der Waals surface area contributed by atoms with Gasteiger partial charge in [0.05, 0.1) is 11.0 Å². The van der Waals surface area contributed by atoms with Gasteiger partial charge in [0, 0.05) is 18.5 Å². The Morgan fingerprint density at radius 1 is 1.07 bits per heavy atom. The first-order chi connectivity index (χ1) is 14.4. The minimum atomic E-state index is -0.552. The Kier molecular flexibility index (Phi) is 7.22. The van der Waals surface area contributed by atoms with Crippen LogP contribution in [0.2, 0.25) is 0 Å². The van der Waals surface area contributed by atoms with Crippen molar-refractivity contribution in [2.24, 2.45) is 5.92 Å². The molecule has 0 radical (unpaired) electrons. The SMILES string of the molecule is Cc1ccccc1C(=O)NC(CC(C)C)C(=O)NCCCc1nc2ccccc2[nH]1. The van der Waals surface area contributed by atoms with E-state index in [0.717, 1.165) is 35.3 Å².